The molecule has 8 nitrogen and oxygen atoms in total. The first-order valence-corrected chi connectivity index (χ1v) is 10.1. The van der Waals surface area contributed by atoms with Crippen LogP contribution < -0.4 is 10.2 Å². The molecule has 0 atom stereocenters. The van der Waals surface area contributed by atoms with Gasteiger partial charge in [0.25, 0.3) is 0 Å². The van der Waals surface area contributed by atoms with E-state index >= 15 is 0 Å². The van der Waals surface area contributed by atoms with Crippen molar-refractivity contribution in [1.29, 1.82) is 0 Å². The summed E-state index contributed by atoms with van der Waals surface area (Å²) in [5.41, 5.74) is 0.410. The molecule has 0 aliphatic carbocycles. The van der Waals surface area contributed by atoms with E-state index in [4.69, 9.17) is 0 Å². The van der Waals surface area contributed by atoms with E-state index in [0.29, 0.717) is 5.69 Å². The summed E-state index contributed by atoms with van der Waals surface area (Å²) in [6.45, 7) is 0. The topological polar surface area (TPSA) is 79.8 Å². The Morgan fingerprint density at radius 3 is 2.43 bits per heavy atom. The first-order chi connectivity index (χ1) is 16.8. The maximum Gasteiger partial charge on any atom is 0.573 e. The minimum Gasteiger partial charge on any atom is -0.406 e. The number of hydrogen-bond donors (Lipinski definition) is 0. The predicted molar refractivity (Wildman–Crippen MR) is 116 cm³/mol. The third-order valence-corrected chi connectivity index (χ3v) is 4.94. The van der Waals surface area contributed by atoms with Gasteiger partial charge in [-0.2, -0.15) is 15.3 Å². The first kappa shape index (κ1) is 22.1. The van der Waals surface area contributed by atoms with E-state index in [9.17, 15) is 22.4 Å². The van der Waals surface area contributed by atoms with Gasteiger partial charge in [-0.15, -0.1) is 13.2 Å². The smallest absolute Gasteiger partial charge is 0.406 e. The third-order valence-electron chi connectivity index (χ3n) is 4.94. The zero-order chi connectivity index (χ0) is 24.6. The van der Waals surface area contributed by atoms with Gasteiger partial charge in [-0.3, -0.25) is 4.79 Å². The Hall–Kier alpha value is -4.74. The Kier molecular flexibility index (Phi) is 5.40. The minimum atomic E-state index is -4.86. The van der Waals surface area contributed by atoms with Crippen LogP contribution in [0.15, 0.2) is 90.2 Å². The molecule has 0 saturated carbocycles. The van der Waals surface area contributed by atoms with Crippen LogP contribution >= 0.6 is 0 Å². The van der Waals surface area contributed by atoms with Crippen molar-refractivity contribution < 1.29 is 22.3 Å². The van der Waals surface area contributed by atoms with E-state index in [0.717, 1.165) is 12.1 Å². The molecule has 0 radical (unpaired) electrons. The van der Waals surface area contributed by atoms with Gasteiger partial charge in [-0.1, -0.05) is 6.07 Å². The highest BCUT2D eigenvalue weighted by atomic mass is 19.4. The molecule has 0 aliphatic rings. The largest absolute Gasteiger partial charge is 0.573 e. The van der Waals surface area contributed by atoms with Gasteiger partial charge >= 0.3 is 6.36 Å². The second-order valence-corrected chi connectivity index (χ2v) is 7.23. The lowest BCUT2D eigenvalue weighted by Crippen LogP contribution is -2.17. The van der Waals surface area contributed by atoms with Crippen LogP contribution in [0.5, 0.6) is 5.75 Å². The van der Waals surface area contributed by atoms with Crippen molar-refractivity contribution in [1.82, 2.24) is 29.3 Å². The maximum absolute atomic E-state index is 14.9. The summed E-state index contributed by atoms with van der Waals surface area (Å²) in [5, 5.41) is 12.4. The van der Waals surface area contributed by atoms with E-state index in [-0.39, 0.29) is 22.8 Å². The fourth-order valence-corrected chi connectivity index (χ4v) is 3.47. The van der Waals surface area contributed by atoms with Gasteiger partial charge < -0.3 is 4.74 Å². The zero-order valence-electron chi connectivity index (χ0n) is 17.6. The van der Waals surface area contributed by atoms with Crippen LogP contribution in [-0.4, -0.2) is 35.7 Å². The highest BCUT2D eigenvalue weighted by Crippen LogP contribution is 2.26. The van der Waals surface area contributed by atoms with Crippen molar-refractivity contribution in [2.45, 2.75) is 6.36 Å². The maximum atomic E-state index is 14.9. The Morgan fingerprint density at radius 2 is 1.69 bits per heavy atom. The zero-order valence-corrected chi connectivity index (χ0v) is 17.6. The van der Waals surface area contributed by atoms with Crippen LogP contribution in [0.3, 0.4) is 0 Å². The SMILES string of the molecule is O=c1ccn(-c2ccc(-n3cccn3)cc2F)nc1-c1ccnn1-c1cccc(OC(F)(F)F)c1. The molecule has 3 heterocycles. The van der Waals surface area contributed by atoms with Gasteiger partial charge in [0, 0.05) is 36.8 Å². The lowest BCUT2D eigenvalue weighted by Gasteiger charge is -2.12. The number of nitrogens with zero attached hydrogens (tertiary/aromatic N) is 6. The number of rotatable bonds is 5. The molecular formula is C23H14F4N6O2. The van der Waals surface area contributed by atoms with Gasteiger partial charge in [0.2, 0.25) is 5.43 Å². The van der Waals surface area contributed by atoms with Crippen molar-refractivity contribution in [2.75, 3.05) is 0 Å². The lowest BCUT2D eigenvalue weighted by atomic mass is 10.2. The van der Waals surface area contributed by atoms with Crippen LogP contribution in [-0.2, 0) is 0 Å². The lowest BCUT2D eigenvalue weighted by molar-refractivity contribution is -0.274. The van der Waals surface area contributed by atoms with E-state index < -0.39 is 23.4 Å². The summed E-state index contributed by atoms with van der Waals surface area (Å²) in [6, 6.07) is 13.9. The van der Waals surface area contributed by atoms with Gasteiger partial charge in [0.1, 0.15) is 11.4 Å². The quantitative estimate of drug-likeness (QED) is 0.349. The molecule has 0 bridgehead atoms. The molecule has 0 fully saturated rings. The number of alkyl halides is 3. The molecule has 0 amide bonds. The highest BCUT2D eigenvalue weighted by molar-refractivity contribution is 5.58. The third kappa shape index (κ3) is 4.53. The molecular weight excluding hydrogens is 468 g/mol. The summed E-state index contributed by atoms with van der Waals surface area (Å²) >= 11 is 0. The number of ether oxygens (including phenoxy) is 1. The summed E-state index contributed by atoms with van der Waals surface area (Å²) in [6.07, 6.45) is 1.05. The fourth-order valence-electron chi connectivity index (χ4n) is 3.47. The van der Waals surface area contributed by atoms with E-state index in [1.807, 2.05) is 0 Å². The van der Waals surface area contributed by atoms with Crippen molar-refractivity contribution in [3.05, 3.63) is 101 Å². The standard InChI is InChI=1S/C23H14F4N6O2/c24-18-14-15(31-11-2-9-28-31)5-6-19(18)32-12-8-21(34)22(30-32)20-7-10-29-33(20)16-3-1-4-17(13-16)35-23(25,26)27/h1-14H. The van der Waals surface area contributed by atoms with E-state index in [1.165, 1.54) is 62.8 Å². The van der Waals surface area contributed by atoms with E-state index in [1.54, 1.807) is 24.5 Å². The monoisotopic (exact) mass is 482 g/mol. The molecule has 12 heteroatoms. The molecule has 0 aliphatic heterocycles. The molecule has 0 unspecified atom stereocenters. The van der Waals surface area contributed by atoms with Crippen molar-refractivity contribution in [3.63, 3.8) is 0 Å². The number of hydrogen-bond acceptors (Lipinski definition) is 5. The molecule has 35 heavy (non-hydrogen) atoms. The van der Waals surface area contributed by atoms with Crippen LogP contribution in [0.4, 0.5) is 17.6 Å². The Morgan fingerprint density at radius 1 is 0.829 bits per heavy atom. The van der Waals surface area contributed by atoms with E-state index in [2.05, 4.69) is 20.0 Å². The van der Waals surface area contributed by atoms with Crippen molar-refractivity contribution >= 4 is 0 Å². The summed E-state index contributed by atoms with van der Waals surface area (Å²) in [5.74, 6) is -1.06. The number of benzene rings is 2. The molecule has 2 aromatic carbocycles. The second kappa shape index (κ2) is 8.56. The second-order valence-electron chi connectivity index (χ2n) is 7.23. The molecule has 3 aromatic heterocycles. The summed E-state index contributed by atoms with van der Waals surface area (Å²) in [7, 11) is 0. The average Bonchev–Trinajstić information content (AvgIpc) is 3.51. The normalized spacial score (nSPS) is 11.5. The Balaban J connectivity index is 1.54. The van der Waals surface area contributed by atoms with Gasteiger partial charge in [0.15, 0.2) is 11.5 Å². The fraction of sp³-hybridized carbons (Fsp3) is 0.0435. The minimum absolute atomic E-state index is 0.0776. The van der Waals surface area contributed by atoms with Crippen LogP contribution in [0.2, 0.25) is 0 Å². The first-order valence-electron chi connectivity index (χ1n) is 10.1. The molecule has 0 saturated heterocycles. The van der Waals surface area contributed by atoms with Crippen LogP contribution in [0.25, 0.3) is 28.5 Å². The Bertz CT molecular complexity index is 1560. The summed E-state index contributed by atoms with van der Waals surface area (Å²) < 4.78 is 60.7. The van der Waals surface area contributed by atoms with Crippen LogP contribution in [0.1, 0.15) is 0 Å². The predicted octanol–water partition coefficient (Wildman–Crippen LogP) is 4.31. The van der Waals surface area contributed by atoms with Crippen molar-refractivity contribution in [3.8, 4) is 34.2 Å². The van der Waals surface area contributed by atoms with Gasteiger partial charge in [0.05, 0.1) is 23.3 Å². The van der Waals surface area contributed by atoms with Gasteiger partial charge in [-0.25, -0.2) is 18.4 Å². The Labute approximate surface area is 194 Å². The van der Waals surface area contributed by atoms with Crippen LogP contribution in [0, 0.1) is 5.82 Å². The summed E-state index contributed by atoms with van der Waals surface area (Å²) in [4.78, 5) is 12.6. The molecule has 176 valence electrons. The molecule has 0 spiro atoms. The number of halogens is 4. The molecule has 0 N–H and O–H groups in total. The molecule has 5 rings (SSSR count). The highest BCUT2D eigenvalue weighted by Gasteiger charge is 2.31. The average molecular weight is 482 g/mol. The van der Waals surface area contributed by atoms with Crippen molar-refractivity contribution in [2.24, 2.45) is 0 Å². The molecule has 5 aromatic rings. The van der Waals surface area contributed by atoms with Gasteiger partial charge in [-0.05, 0) is 36.4 Å². The number of aromatic nitrogens is 6.